The minimum absolute atomic E-state index is 0.0822. The van der Waals surface area contributed by atoms with E-state index in [0.29, 0.717) is 12.5 Å². The van der Waals surface area contributed by atoms with E-state index < -0.39 is 11.7 Å². The van der Waals surface area contributed by atoms with E-state index in [9.17, 15) is 9.59 Å². The number of fused-ring (bicyclic) bond motifs is 1. The van der Waals surface area contributed by atoms with Crippen LogP contribution < -0.4 is 20.1 Å². The summed E-state index contributed by atoms with van der Waals surface area (Å²) in [6.45, 7) is 8.02. The van der Waals surface area contributed by atoms with Crippen LogP contribution in [0.2, 0.25) is 0 Å². The van der Waals surface area contributed by atoms with Gasteiger partial charge in [-0.05, 0) is 107 Å². The molecule has 1 fully saturated rings. The van der Waals surface area contributed by atoms with Gasteiger partial charge in [0.05, 0.1) is 12.6 Å². The lowest BCUT2D eigenvalue weighted by molar-refractivity contribution is -0.120. The Balaban J connectivity index is 1.18. The van der Waals surface area contributed by atoms with Gasteiger partial charge in [0.15, 0.2) is 0 Å². The topological polar surface area (TPSA) is 85.9 Å². The van der Waals surface area contributed by atoms with Crippen LogP contribution in [0.3, 0.4) is 0 Å². The van der Waals surface area contributed by atoms with Gasteiger partial charge in [0.2, 0.25) is 5.91 Å². The second-order valence-electron chi connectivity index (χ2n) is 11.2. The van der Waals surface area contributed by atoms with Gasteiger partial charge >= 0.3 is 6.09 Å². The number of carbonyl (C=O) groups is 2. The minimum atomic E-state index is -0.585. The van der Waals surface area contributed by atoms with Crippen LogP contribution in [0.25, 0.3) is 0 Å². The van der Waals surface area contributed by atoms with Crippen molar-refractivity contribution in [2.24, 2.45) is 5.92 Å². The van der Waals surface area contributed by atoms with Crippen LogP contribution in [0.1, 0.15) is 75.7 Å². The number of ether oxygens (including phenoxy) is 3. The summed E-state index contributed by atoms with van der Waals surface area (Å²) >= 11 is 0. The van der Waals surface area contributed by atoms with Gasteiger partial charge in [-0.1, -0.05) is 24.3 Å². The molecule has 1 heterocycles. The highest BCUT2D eigenvalue weighted by molar-refractivity contribution is 5.82. The smallest absolute Gasteiger partial charge is 0.408 e. The molecular formula is C30H40N2O5. The van der Waals surface area contributed by atoms with E-state index in [1.54, 1.807) is 20.8 Å². The van der Waals surface area contributed by atoms with E-state index in [1.807, 2.05) is 12.1 Å². The average molecular weight is 509 g/mol. The van der Waals surface area contributed by atoms with E-state index >= 15 is 0 Å². The molecule has 0 spiro atoms. The Morgan fingerprint density at radius 2 is 1.76 bits per heavy atom. The summed E-state index contributed by atoms with van der Waals surface area (Å²) in [5, 5.41) is 5.42. The summed E-state index contributed by atoms with van der Waals surface area (Å²) in [6.07, 6.45) is 5.55. The standard InChI is InChI=1S/C30H40N2O5/c1-20-7-5-6-8-25(20)27-15-11-22-17-24(14-16-26(22)36-27)35-23-12-9-21(10-13-23)18-31-28(33)19-32-29(34)37-30(2,3)4/h5-8,14,16-17,21,23,27H,9-13,15,18-19H2,1-4H3,(H,31,33)(H,32,34). The van der Waals surface area contributed by atoms with Crippen molar-refractivity contribution in [1.29, 1.82) is 0 Å². The number of benzene rings is 2. The zero-order valence-corrected chi connectivity index (χ0v) is 22.5. The van der Waals surface area contributed by atoms with Crippen molar-refractivity contribution >= 4 is 12.0 Å². The highest BCUT2D eigenvalue weighted by Gasteiger charge is 2.25. The molecule has 0 saturated heterocycles. The van der Waals surface area contributed by atoms with Gasteiger partial charge in [-0.2, -0.15) is 0 Å². The molecule has 2 N–H and O–H groups in total. The highest BCUT2D eigenvalue weighted by Crippen LogP contribution is 2.38. The van der Waals surface area contributed by atoms with Gasteiger partial charge in [0.25, 0.3) is 0 Å². The number of nitrogens with one attached hydrogen (secondary N) is 2. The first-order chi connectivity index (χ1) is 17.7. The Kier molecular flexibility index (Phi) is 8.62. The normalized spacial score (nSPS) is 21.2. The van der Waals surface area contributed by atoms with Crippen molar-refractivity contribution in [2.75, 3.05) is 13.1 Å². The van der Waals surface area contributed by atoms with Crippen LogP contribution in [0.5, 0.6) is 11.5 Å². The summed E-state index contributed by atoms with van der Waals surface area (Å²) in [4.78, 5) is 23.8. The number of hydrogen-bond donors (Lipinski definition) is 2. The SMILES string of the molecule is Cc1ccccc1C1CCc2cc(OC3CCC(CNC(=O)CNC(=O)OC(C)(C)C)CC3)ccc2O1. The summed E-state index contributed by atoms with van der Waals surface area (Å²) < 4.78 is 17.8. The van der Waals surface area contributed by atoms with Crippen LogP contribution in [-0.2, 0) is 16.0 Å². The molecule has 1 aliphatic carbocycles. The molecule has 1 atom stereocenters. The minimum Gasteiger partial charge on any atom is -0.490 e. The molecular weight excluding hydrogens is 468 g/mol. The fourth-order valence-corrected chi connectivity index (χ4v) is 5.04. The van der Waals surface area contributed by atoms with Crippen molar-refractivity contribution in [1.82, 2.24) is 10.6 Å². The molecule has 0 aromatic heterocycles. The number of alkyl carbamates (subject to hydrolysis) is 1. The Labute approximate surface area is 220 Å². The second-order valence-corrected chi connectivity index (χ2v) is 11.2. The third kappa shape index (κ3) is 7.88. The molecule has 4 rings (SSSR count). The Morgan fingerprint density at radius 3 is 2.49 bits per heavy atom. The van der Waals surface area contributed by atoms with Crippen molar-refractivity contribution in [3.8, 4) is 11.5 Å². The van der Waals surface area contributed by atoms with Gasteiger partial charge in [0.1, 0.15) is 23.2 Å². The molecule has 2 aromatic carbocycles. The fraction of sp³-hybridized carbons (Fsp3) is 0.533. The van der Waals surface area contributed by atoms with Gasteiger partial charge in [-0.15, -0.1) is 0 Å². The predicted octanol–water partition coefficient (Wildman–Crippen LogP) is 5.64. The highest BCUT2D eigenvalue weighted by atomic mass is 16.6. The Morgan fingerprint density at radius 1 is 1.00 bits per heavy atom. The van der Waals surface area contributed by atoms with E-state index in [0.717, 1.165) is 50.0 Å². The van der Waals surface area contributed by atoms with Crippen LogP contribution in [0.4, 0.5) is 4.79 Å². The van der Waals surface area contributed by atoms with Crippen molar-refractivity contribution in [2.45, 2.75) is 84.0 Å². The van der Waals surface area contributed by atoms with Gasteiger partial charge in [-0.3, -0.25) is 4.79 Å². The lowest BCUT2D eigenvalue weighted by Gasteiger charge is -2.30. The summed E-state index contributed by atoms with van der Waals surface area (Å²) in [7, 11) is 0. The van der Waals surface area contributed by atoms with E-state index in [4.69, 9.17) is 14.2 Å². The third-order valence-corrected chi connectivity index (χ3v) is 6.99. The molecule has 0 radical (unpaired) electrons. The summed E-state index contributed by atoms with van der Waals surface area (Å²) in [6, 6.07) is 14.6. The first-order valence-electron chi connectivity index (χ1n) is 13.4. The van der Waals surface area contributed by atoms with Gasteiger partial charge in [0, 0.05) is 6.54 Å². The average Bonchev–Trinajstić information content (AvgIpc) is 2.86. The van der Waals surface area contributed by atoms with E-state index in [-0.39, 0.29) is 24.7 Å². The van der Waals surface area contributed by atoms with Gasteiger partial charge < -0.3 is 24.8 Å². The second kappa shape index (κ2) is 11.9. The zero-order chi connectivity index (χ0) is 26.4. The first-order valence-corrected chi connectivity index (χ1v) is 13.4. The maximum atomic E-state index is 12.1. The molecule has 2 amide bonds. The molecule has 1 unspecified atom stereocenters. The first kappa shape index (κ1) is 26.8. The van der Waals surface area contributed by atoms with Crippen molar-refractivity contribution in [3.63, 3.8) is 0 Å². The number of rotatable bonds is 7. The van der Waals surface area contributed by atoms with Crippen molar-refractivity contribution < 1.29 is 23.8 Å². The quantitative estimate of drug-likeness (QED) is 0.506. The molecule has 200 valence electrons. The Bertz CT molecular complexity index is 1090. The van der Waals surface area contributed by atoms with Gasteiger partial charge in [-0.25, -0.2) is 4.79 Å². The summed E-state index contributed by atoms with van der Waals surface area (Å²) in [5.41, 5.74) is 3.15. The summed E-state index contributed by atoms with van der Waals surface area (Å²) in [5.74, 6) is 2.07. The van der Waals surface area contributed by atoms with Crippen LogP contribution in [0.15, 0.2) is 42.5 Å². The molecule has 1 saturated carbocycles. The van der Waals surface area contributed by atoms with Crippen LogP contribution >= 0.6 is 0 Å². The zero-order valence-electron chi connectivity index (χ0n) is 22.5. The largest absolute Gasteiger partial charge is 0.490 e. The van der Waals surface area contributed by atoms with E-state index in [1.165, 1.54) is 16.7 Å². The van der Waals surface area contributed by atoms with Crippen LogP contribution in [0, 0.1) is 12.8 Å². The lowest BCUT2D eigenvalue weighted by Crippen LogP contribution is -2.41. The van der Waals surface area contributed by atoms with Crippen LogP contribution in [-0.4, -0.2) is 36.8 Å². The molecule has 1 aliphatic heterocycles. The predicted molar refractivity (Wildman–Crippen MR) is 143 cm³/mol. The third-order valence-electron chi connectivity index (χ3n) is 6.99. The number of carbonyl (C=O) groups excluding carboxylic acids is 2. The number of aryl methyl sites for hydroxylation is 2. The van der Waals surface area contributed by atoms with Crippen molar-refractivity contribution in [3.05, 3.63) is 59.2 Å². The molecule has 7 heteroatoms. The number of hydrogen-bond acceptors (Lipinski definition) is 5. The maximum Gasteiger partial charge on any atom is 0.408 e. The molecule has 7 nitrogen and oxygen atoms in total. The monoisotopic (exact) mass is 508 g/mol. The fourth-order valence-electron chi connectivity index (χ4n) is 5.04. The van der Waals surface area contributed by atoms with E-state index in [2.05, 4.69) is 47.9 Å². The Hall–Kier alpha value is -3.22. The molecule has 0 bridgehead atoms. The molecule has 2 aliphatic rings. The number of amides is 2. The molecule has 37 heavy (non-hydrogen) atoms. The maximum absolute atomic E-state index is 12.1. The molecule has 2 aromatic rings. The lowest BCUT2D eigenvalue weighted by atomic mass is 9.87.